The minimum atomic E-state index is 0.167. The summed E-state index contributed by atoms with van der Waals surface area (Å²) in [6, 6.07) is 10.5. The molecule has 0 spiro atoms. The lowest BCUT2D eigenvalue weighted by Crippen LogP contribution is -2.37. The fraction of sp³-hybridized carbons (Fsp3) is 0.500. The maximum Gasteiger partial charge on any atom is 0.118 e. The van der Waals surface area contributed by atoms with Gasteiger partial charge in [-0.3, -0.25) is 0 Å². The summed E-state index contributed by atoms with van der Waals surface area (Å²) in [7, 11) is 0. The van der Waals surface area contributed by atoms with Crippen LogP contribution in [0.4, 0.5) is 0 Å². The molecule has 0 atom stereocenters. The third-order valence-corrected chi connectivity index (χ3v) is 4.02. The van der Waals surface area contributed by atoms with Crippen LogP contribution >= 0.6 is 11.3 Å². The second-order valence-electron chi connectivity index (χ2n) is 6.00. The Kier molecular flexibility index (Phi) is 5.26. The lowest BCUT2D eigenvalue weighted by Gasteiger charge is -2.19. The van der Waals surface area contributed by atoms with Gasteiger partial charge >= 0.3 is 0 Å². The Hall–Kier alpha value is -1.26. The third kappa shape index (κ3) is 5.39. The van der Waals surface area contributed by atoms with Gasteiger partial charge in [-0.1, -0.05) is 30.3 Å². The van der Waals surface area contributed by atoms with Crippen molar-refractivity contribution in [2.45, 2.75) is 45.6 Å². The maximum atomic E-state index is 4.29. The number of hydrogen-bond donors (Lipinski definition) is 1. The zero-order valence-corrected chi connectivity index (χ0v) is 13.3. The lowest BCUT2D eigenvalue weighted by molar-refractivity contribution is 0.429. The molecule has 0 bridgehead atoms. The van der Waals surface area contributed by atoms with Crippen molar-refractivity contribution in [3.05, 3.63) is 45.9 Å². The van der Waals surface area contributed by atoms with Crippen molar-refractivity contribution >= 4 is 11.3 Å². The molecule has 2 aromatic rings. The van der Waals surface area contributed by atoms with Crippen molar-refractivity contribution in [1.82, 2.24) is 15.5 Å². The van der Waals surface area contributed by atoms with Crippen LogP contribution in [-0.4, -0.2) is 22.3 Å². The first-order chi connectivity index (χ1) is 9.53. The zero-order valence-electron chi connectivity index (χ0n) is 12.5. The predicted molar refractivity (Wildman–Crippen MR) is 85.2 cm³/mol. The molecule has 1 N–H and O–H groups in total. The largest absolute Gasteiger partial charge is 0.312 e. The second kappa shape index (κ2) is 6.95. The van der Waals surface area contributed by atoms with Gasteiger partial charge in [0.25, 0.3) is 0 Å². The average molecular weight is 289 g/mol. The van der Waals surface area contributed by atoms with Gasteiger partial charge < -0.3 is 5.32 Å². The highest BCUT2D eigenvalue weighted by Crippen LogP contribution is 2.13. The van der Waals surface area contributed by atoms with Gasteiger partial charge in [-0.05, 0) is 32.8 Å². The van der Waals surface area contributed by atoms with Crippen LogP contribution < -0.4 is 5.32 Å². The number of aryl methyl sites for hydroxylation is 2. The molecular weight excluding hydrogens is 266 g/mol. The molecule has 2 rings (SSSR count). The molecule has 3 nitrogen and oxygen atoms in total. The van der Waals surface area contributed by atoms with Crippen molar-refractivity contribution < 1.29 is 0 Å². The summed E-state index contributed by atoms with van der Waals surface area (Å²) in [5.41, 5.74) is 1.53. The third-order valence-electron chi connectivity index (χ3n) is 2.97. The molecule has 0 aliphatic rings. The van der Waals surface area contributed by atoms with E-state index in [1.165, 1.54) is 5.56 Å². The van der Waals surface area contributed by atoms with Gasteiger partial charge in [0.05, 0.1) is 0 Å². The van der Waals surface area contributed by atoms with Crippen molar-refractivity contribution in [2.24, 2.45) is 0 Å². The highest BCUT2D eigenvalue weighted by atomic mass is 32.1. The van der Waals surface area contributed by atoms with Crippen LogP contribution in [0.3, 0.4) is 0 Å². The molecule has 20 heavy (non-hydrogen) atoms. The van der Waals surface area contributed by atoms with E-state index in [-0.39, 0.29) is 5.54 Å². The molecule has 0 aliphatic carbocycles. The Bertz CT molecular complexity index is 514. The van der Waals surface area contributed by atoms with E-state index in [1.54, 1.807) is 11.3 Å². The molecule has 0 saturated heterocycles. The van der Waals surface area contributed by atoms with E-state index in [1.807, 2.05) is 0 Å². The molecule has 0 fully saturated rings. The number of hydrogen-bond acceptors (Lipinski definition) is 4. The monoisotopic (exact) mass is 289 g/mol. The van der Waals surface area contributed by atoms with Crippen LogP contribution in [0.15, 0.2) is 30.3 Å². The van der Waals surface area contributed by atoms with E-state index in [9.17, 15) is 0 Å². The molecule has 1 heterocycles. The van der Waals surface area contributed by atoms with Crippen molar-refractivity contribution in [1.29, 1.82) is 0 Å². The second-order valence-corrected chi connectivity index (χ2v) is 7.15. The van der Waals surface area contributed by atoms with Crippen molar-refractivity contribution in [3.8, 4) is 0 Å². The summed E-state index contributed by atoms with van der Waals surface area (Å²) >= 11 is 1.74. The summed E-state index contributed by atoms with van der Waals surface area (Å²) in [6.07, 6.45) is 2.98. The lowest BCUT2D eigenvalue weighted by atomic mass is 10.1. The normalized spacial score (nSPS) is 11.8. The molecular formula is C16H23N3S. The Labute approximate surface area is 125 Å². The summed E-state index contributed by atoms with van der Waals surface area (Å²) in [4.78, 5) is 0. The molecule has 0 amide bonds. The summed E-state index contributed by atoms with van der Waals surface area (Å²) in [6.45, 7) is 7.49. The number of benzene rings is 1. The van der Waals surface area contributed by atoms with Crippen LogP contribution in [0.2, 0.25) is 0 Å². The first-order valence-electron chi connectivity index (χ1n) is 7.13. The Morgan fingerprint density at radius 2 is 1.60 bits per heavy atom. The maximum absolute atomic E-state index is 4.29. The van der Waals surface area contributed by atoms with Gasteiger partial charge in [0, 0.05) is 24.9 Å². The molecule has 108 valence electrons. The minimum Gasteiger partial charge on any atom is -0.312 e. The van der Waals surface area contributed by atoms with Crippen molar-refractivity contribution in [2.75, 3.05) is 6.54 Å². The number of aromatic nitrogens is 2. The van der Waals surface area contributed by atoms with Gasteiger partial charge in [0.1, 0.15) is 10.0 Å². The summed E-state index contributed by atoms with van der Waals surface area (Å²) < 4.78 is 0. The highest BCUT2D eigenvalue weighted by Gasteiger charge is 2.09. The first kappa shape index (κ1) is 15.1. The van der Waals surface area contributed by atoms with E-state index in [4.69, 9.17) is 0 Å². The van der Waals surface area contributed by atoms with E-state index >= 15 is 0 Å². The Morgan fingerprint density at radius 3 is 2.25 bits per heavy atom. The number of nitrogens with zero attached hydrogens (tertiary/aromatic N) is 2. The van der Waals surface area contributed by atoms with Crippen LogP contribution in [0.25, 0.3) is 0 Å². The Morgan fingerprint density at radius 1 is 0.950 bits per heavy atom. The van der Waals surface area contributed by atoms with Gasteiger partial charge in [-0.15, -0.1) is 21.5 Å². The molecule has 0 unspecified atom stereocenters. The topological polar surface area (TPSA) is 37.8 Å². The molecule has 1 aromatic heterocycles. The van der Waals surface area contributed by atoms with E-state index in [0.717, 1.165) is 35.8 Å². The van der Waals surface area contributed by atoms with Gasteiger partial charge in [-0.2, -0.15) is 0 Å². The zero-order chi connectivity index (χ0) is 14.4. The summed E-state index contributed by atoms with van der Waals surface area (Å²) in [5.74, 6) is 0. The van der Waals surface area contributed by atoms with Crippen LogP contribution in [0.5, 0.6) is 0 Å². The predicted octanol–water partition coefficient (Wildman–Crippen LogP) is 3.25. The molecule has 4 heteroatoms. The summed E-state index contributed by atoms with van der Waals surface area (Å²) in [5, 5.41) is 14.3. The quantitative estimate of drug-likeness (QED) is 0.887. The van der Waals surface area contributed by atoms with Crippen LogP contribution in [0, 0.1) is 0 Å². The van der Waals surface area contributed by atoms with Crippen LogP contribution in [-0.2, 0) is 19.3 Å². The smallest absolute Gasteiger partial charge is 0.118 e. The molecule has 1 aromatic carbocycles. The number of nitrogens with one attached hydrogen (secondary N) is 1. The van der Waals surface area contributed by atoms with E-state index in [0.29, 0.717) is 0 Å². The first-order valence-corrected chi connectivity index (χ1v) is 7.95. The molecule has 0 aliphatic heterocycles. The van der Waals surface area contributed by atoms with Crippen LogP contribution in [0.1, 0.15) is 36.3 Å². The fourth-order valence-electron chi connectivity index (χ4n) is 1.93. The molecule has 0 saturated carbocycles. The average Bonchev–Trinajstić information content (AvgIpc) is 2.84. The molecule has 0 radical (unpaired) electrons. The standard InChI is InChI=1S/C16H23N3S/c1-16(2,3)17-12-11-15-19-18-14(20-15)10-9-13-7-5-4-6-8-13/h4-8,17H,9-12H2,1-3H3. The van der Waals surface area contributed by atoms with Gasteiger partial charge in [-0.25, -0.2) is 0 Å². The van der Waals surface area contributed by atoms with Crippen molar-refractivity contribution in [3.63, 3.8) is 0 Å². The SMILES string of the molecule is CC(C)(C)NCCc1nnc(CCc2ccccc2)s1. The highest BCUT2D eigenvalue weighted by molar-refractivity contribution is 7.11. The fourth-order valence-corrected chi connectivity index (χ4v) is 2.77. The minimum absolute atomic E-state index is 0.167. The number of rotatable bonds is 6. The van der Waals surface area contributed by atoms with E-state index in [2.05, 4.69) is 66.6 Å². The van der Waals surface area contributed by atoms with E-state index < -0.39 is 0 Å². The Balaban J connectivity index is 1.77. The van der Waals surface area contributed by atoms with Gasteiger partial charge in [0.2, 0.25) is 0 Å². The van der Waals surface area contributed by atoms with Gasteiger partial charge in [0.15, 0.2) is 0 Å².